The highest BCUT2D eigenvalue weighted by atomic mass is 32.1. The monoisotopic (exact) mass is 266 g/mol. The molecule has 1 fully saturated rings. The minimum atomic E-state index is 0.381. The average Bonchev–Trinajstić information content (AvgIpc) is 2.89. The Balaban J connectivity index is 1.91. The van der Waals surface area contributed by atoms with Gasteiger partial charge in [-0.2, -0.15) is 0 Å². The summed E-state index contributed by atoms with van der Waals surface area (Å²) in [5, 5.41) is 6.87. The molecular formula is C15H26N2S. The van der Waals surface area contributed by atoms with E-state index in [4.69, 9.17) is 4.98 Å². The highest BCUT2D eigenvalue weighted by molar-refractivity contribution is 7.09. The zero-order chi connectivity index (χ0) is 13.0. The van der Waals surface area contributed by atoms with Crippen molar-refractivity contribution in [2.24, 2.45) is 5.92 Å². The van der Waals surface area contributed by atoms with E-state index in [9.17, 15) is 0 Å². The van der Waals surface area contributed by atoms with E-state index in [-0.39, 0.29) is 0 Å². The van der Waals surface area contributed by atoms with Gasteiger partial charge < -0.3 is 5.32 Å². The van der Waals surface area contributed by atoms with Crippen LogP contribution in [0.3, 0.4) is 0 Å². The Hall–Kier alpha value is -0.410. The van der Waals surface area contributed by atoms with Crippen LogP contribution in [0.5, 0.6) is 0 Å². The molecule has 0 radical (unpaired) electrons. The fourth-order valence-corrected chi connectivity index (χ4v) is 4.03. The standard InChI is InChI=1S/C15H26N2S/c1-4-5-12-6-8-13(9-7-12)15-17-14(10-18-15)11(2)16-3/h10-13,16H,4-9H2,1-3H3. The molecule has 1 atom stereocenters. The summed E-state index contributed by atoms with van der Waals surface area (Å²) in [5.41, 5.74) is 1.22. The van der Waals surface area contributed by atoms with Crippen LogP contribution in [-0.2, 0) is 0 Å². The molecule has 2 rings (SSSR count). The van der Waals surface area contributed by atoms with Crippen molar-refractivity contribution in [1.29, 1.82) is 0 Å². The smallest absolute Gasteiger partial charge is 0.0959 e. The lowest BCUT2D eigenvalue weighted by Gasteiger charge is -2.27. The van der Waals surface area contributed by atoms with Crippen molar-refractivity contribution in [1.82, 2.24) is 10.3 Å². The molecule has 1 heterocycles. The van der Waals surface area contributed by atoms with Crippen molar-refractivity contribution in [3.05, 3.63) is 16.1 Å². The van der Waals surface area contributed by atoms with Gasteiger partial charge in [-0.25, -0.2) is 4.98 Å². The van der Waals surface area contributed by atoms with Gasteiger partial charge in [0.15, 0.2) is 0 Å². The largest absolute Gasteiger partial charge is 0.312 e. The van der Waals surface area contributed by atoms with E-state index in [2.05, 4.69) is 24.5 Å². The van der Waals surface area contributed by atoms with Crippen LogP contribution in [0.2, 0.25) is 0 Å². The number of nitrogens with zero attached hydrogens (tertiary/aromatic N) is 1. The molecule has 1 saturated carbocycles. The maximum absolute atomic E-state index is 4.83. The quantitative estimate of drug-likeness (QED) is 0.849. The van der Waals surface area contributed by atoms with Gasteiger partial charge in [0.25, 0.3) is 0 Å². The molecule has 1 aromatic heterocycles. The fraction of sp³-hybridized carbons (Fsp3) is 0.800. The van der Waals surface area contributed by atoms with Gasteiger partial charge >= 0.3 is 0 Å². The normalized spacial score (nSPS) is 26.2. The van der Waals surface area contributed by atoms with E-state index in [0.717, 1.165) is 11.8 Å². The Labute approximate surface area is 115 Å². The van der Waals surface area contributed by atoms with E-state index < -0.39 is 0 Å². The summed E-state index contributed by atoms with van der Waals surface area (Å²) < 4.78 is 0. The van der Waals surface area contributed by atoms with E-state index in [1.807, 2.05) is 18.4 Å². The molecule has 2 nitrogen and oxygen atoms in total. The summed E-state index contributed by atoms with van der Waals surface area (Å²) in [4.78, 5) is 4.83. The van der Waals surface area contributed by atoms with Crippen LogP contribution < -0.4 is 5.32 Å². The highest BCUT2D eigenvalue weighted by Gasteiger charge is 2.24. The van der Waals surface area contributed by atoms with Gasteiger partial charge in [0.05, 0.1) is 10.7 Å². The number of hydrogen-bond donors (Lipinski definition) is 1. The maximum Gasteiger partial charge on any atom is 0.0959 e. The Kier molecular flexibility index (Phi) is 5.19. The number of rotatable bonds is 5. The number of nitrogens with one attached hydrogen (secondary N) is 1. The lowest BCUT2D eigenvalue weighted by atomic mass is 9.80. The van der Waals surface area contributed by atoms with E-state index in [1.54, 1.807) is 0 Å². The van der Waals surface area contributed by atoms with Crippen molar-refractivity contribution < 1.29 is 0 Å². The lowest BCUT2D eigenvalue weighted by Crippen LogP contribution is -2.14. The topological polar surface area (TPSA) is 24.9 Å². The van der Waals surface area contributed by atoms with Crippen LogP contribution in [0.25, 0.3) is 0 Å². The Morgan fingerprint density at radius 3 is 2.72 bits per heavy atom. The van der Waals surface area contributed by atoms with Crippen LogP contribution in [0.1, 0.15) is 75.0 Å². The third-order valence-electron chi connectivity index (χ3n) is 4.31. The fourth-order valence-electron chi connectivity index (χ4n) is 2.94. The average molecular weight is 266 g/mol. The molecule has 102 valence electrons. The summed E-state index contributed by atoms with van der Waals surface area (Å²) in [5.74, 6) is 1.72. The van der Waals surface area contributed by atoms with Crippen molar-refractivity contribution in [2.75, 3.05) is 7.05 Å². The van der Waals surface area contributed by atoms with Crippen molar-refractivity contribution in [3.63, 3.8) is 0 Å². The molecule has 1 N–H and O–H groups in total. The zero-order valence-electron chi connectivity index (χ0n) is 11.9. The second-order valence-electron chi connectivity index (χ2n) is 5.63. The summed E-state index contributed by atoms with van der Waals surface area (Å²) in [6, 6.07) is 0.381. The molecule has 0 aromatic carbocycles. The van der Waals surface area contributed by atoms with Gasteiger partial charge in [0.1, 0.15) is 0 Å². The van der Waals surface area contributed by atoms with Crippen molar-refractivity contribution in [2.45, 2.75) is 64.3 Å². The molecular weight excluding hydrogens is 240 g/mol. The Morgan fingerprint density at radius 2 is 2.11 bits per heavy atom. The maximum atomic E-state index is 4.83. The first-order valence-electron chi connectivity index (χ1n) is 7.37. The van der Waals surface area contributed by atoms with Crippen LogP contribution in [0.15, 0.2) is 5.38 Å². The molecule has 18 heavy (non-hydrogen) atoms. The minimum absolute atomic E-state index is 0.381. The number of thiazole rings is 1. The molecule has 1 aliphatic rings. The molecule has 0 amide bonds. The van der Waals surface area contributed by atoms with Crippen molar-refractivity contribution in [3.8, 4) is 0 Å². The molecule has 1 unspecified atom stereocenters. The molecule has 1 aliphatic carbocycles. The summed E-state index contributed by atoms with van der Waals surface area (Å²) in [6.07, 6.45) is 8.30. The zero-order valence-corrected chi connectivity index (χ0v) is 12.7. The Morgan fingerprint density at radius 1 is 1.39 bits per heavy atom. The third kappa shape index (κ3) is 3.33. The van der Waals surface area contributed by atoms with Gasteiger partial charge in [-0.1, -0.05) is 19.8 Å². The SMILES string of the molecule is CCCC1CCC(c2nc(C(C)NC)cs2)CC1. The second kappa shape index (κ2) is 6.67. The van der Waals surface area contributed by atoms with Crippen LogP contribution in [0, 0.1) is 5.92 Å². The predicted molar refractivity (Wildman–Crippen MR) is 79.2 cm³/mol. The molecule has 0 spiro atoms. The highest BCUT2D eigenvalue weighted by Crippen LogP contribution is 2.38. The summed E-state index contributed by atoms with van der Waals surface area (Å²) >= 11 is 1.86. The minimum Gasteiger partial charge on any atom is -0.312 e. The van der Waals surface area contributed by atoms with Crippen LogP contribution in [0.4, 0.5) is 0 Å². The van der Waals surface area contributed by atoms with Gasteiger partial charge in [-0.3, -0.25) is 0 Å². The van der Waals surface area contributed by atoms with E-state index in [1.165, 1.54) is 49.2 Å². The van der Waals surface area contributed by atoms with Crippen LogP contribution in [-0.4, -0.2) is 12.0 Å². The van der Waals surface area contributed by atoms with E-state index >= 15 is 0 Å². The first kappa shape index (κ1) is 14.0. The van der Waals surface area contributed by atoms with Gasteiger partial charge in [-0.05, 0) is 45.6 Å². The first-order chi connectivity index (χ1) is 8.74. The van der Waals surface area contributed by atoms with Gasteiger partial charge in [-0.15, -0.1) is 11.3 Å². The van der Waals surface area contributed by atoms with Crippen molar-refractivity contribution >= 4 is 11.3 Å². The van der Waals surface area contributed by atoms with Gasteiger partial charge in [0, 0.05) is 17.3 Å². The number of aromatic nitrogens is 1. The summed E-state index contributed by atoms with van der Waals surface area (Å²) in [7, 11) is 2.00. The molecule has 0 saturated heterocycles. The molecule has 0 aliphatic heterocycles. The lowest BCUT2D eigenvalue weighted by molar-refractivity contribution is 0.307. The Bertz CT molecular complexity index is 353. The third-order valence-corrected chi connectivity index (χ3v) is 5.33. The molecule has 0 bridgehead atoms. The summed E-state index contributed by atoms with van der Waals surface area (Å²) in [6.45, 7) is 4.48. The predicted octanol–water partition coefficient (Wildman–Crippen LogP) is 4.50. The second-order valence-corrected chi connectivity index (χ2v) is 6.52. The molecule has 1 aromatic rings. The molecule has 3 heteroatoms. The number of hydrogen-bond acceptors (Lipinski definition) is 3. The van der Waals surface area contributed by atoms with Gasteiger partial charge in [0.2, 0.25) is 0 Å². The van der Waals surface area contributed by atoms with E-state index in [0.29, 0.717) is 6.04 Å². The first-order valence-corrected chi connectivity index (χ1v) is 8.25. The van der Waals surface area contributed by atoms with Crippen LogP contribution >= 0.6 is 11.3 Å².